The number of hydrazone groups is 1. The lowest BCUT2D eigenvalue weighted by atomic mass is 10.2. The number of hydrogen-bond acceptors (Lipinski definition) is 6. The molecule has 0 fully saturated rings. The third-order valence-electron chi connectivity index (χ3n) is 4.33. The maximum absolute atomic E-state index is 12.2. The Hall–Kier alpha value is -3.30. The quantitative estimate of drug-likeness (QED) is 0.280. The smallest absolute Gasteiger partial charge is 0.329 e. The molecule has 0 radical (unpaired) electrons. The number of methoxy groups -OCH3 is 1. The molecule has 3 N–H and O–H groups in total. The Morgan fingerprint density at radius 2 is 1.85 bits per heavy atom. The molecule has 33 heavy (non-hydrogen) atoms. The molecule has 0 heterocycles. The zero-order chi connectivity index (χ0) is 24.4. The molecule has 0 aliphatic carbocycles. The van der Waals surface area contributed by atoms with Crippen LogP contribution in [0.15, 0.2) is 41.5 Å². The second-order valence-corrected chi connectivity index (χ2v) is 7.70. The Morgan fingerprint density at radius 3 is 2.52 bits per heavy atom. The molecule has 0 aliphatic rings. The molecule has 0 saturated carbocycles. The first kappa shape index (κ1) is 26.0. The average Bonchev–Trinajstić information content (AvgIpc) is 2.79. The van der Waals surface area contributed by atoms with Gasteiger partial charge < -0.3 is 20.1 Å². The normalized spacial score (nSPS) is 11.5. The molecule has 0 aromatic heterocycles. The molecule has 176 valence electrons. The fourth-order valence-corrected chi connectivity index (χ4v) is 2.87. The lowest BCUT2D eigenvalue weighted by Crippen LogP contribution is -2.41. The maximum Gasteiger partial charge on any atom is 0.329 e. The van der Waals surface area contributed by atoms with Crippen LogP contribution in [0.4, 0.5) is 5.69 Å². The van der Waals surface area contributed by atoms with Gasteiger partial charge in [0.2, 0.25) is 0 Å². The van der Waals surface area contributed by atoms with Crippen molar-refractivity contribution in [1.29, 1.82) is 0 Å². The van der Waals surface area contributed by atoms with Crippen molar-refractivity contribution in [1.82, 2.24) is 10.7 Å². The third kappa shape index (κ3) is 8.28. The highest BCUT2D eigenvalue weighted by Gasteiger charge is 2.14. The topological polar surface area (TPSA) is 118 Å². The zero-order valence-electron chi connectivity index (χ0n) is 18.3. The summed E-state index contributed by atoms with van der Waals surface area (Å²) in [5.74, 6) is -1.39. The molecule has 1 atom stereocenters. The van der Waals surface area contributed by atoms with E-state index in [2.05, 4.69) is 21.2 Å². The van der Waals surface area contributed by atoms with E-state index in [1.165, 1.54) is 19.4 Å². The van der Waals surface area contributed by atoms with Crippen LogP contribution in [0, 0.1) is 0 Å². The van der Waals surface area contributed by atoms with Crippen LogP contribution >= 0.6 is 23.2 Å². The van der Waals surface area contributed by atoms with Gasteiger partial charge >= 0.3 is 11.8 Å². The molecule has 2 aromatic carbocycles. The molecule has 11 heteroatoms. The Balaban J connectivity index is 1.93. The maximum atomic E-state index is 12.2. The van der Waals surface area contributed by atoms with Crippen molar-refractivity contribution in [2.75, 3.05) is 19.0 Å². The van der Waals surface area contributed by atoms with Gasteiger partial charge in [-0.2, -0.15) is 5.10 Å². The summed E-state index contributed by atoms with van der Waals surface area (Å²) >= 11 is 11.9. The van der Waals surface area contributed by atoms with Gasteiger partial charge in [-0.1, -0.05) is 30.1 Å². The van der Waals surface area contributed by atoms with Gasteiger partial charge in [0.15, 0.2) is 18.1 Å². The Morgan fingerprint density at radius 1 is 1.09 bits per heavy atom. The highest BCUT2D eigenvalue weighted by atomic mass is 35.5. The summed E-state index contributed by atoms with van der Waals surface area (Å²) in [6.07, 6.45) is 2.04. The van der Waals surface area contributed by atoms with Crippen molar-refractivity contribution in [2.24, 2.45) is 5.10 Å². The Bertz CT molecular complexity index is 1050. The third-order valence-corrected chi connectivity index (χ3v) is 4.88. The fourth-order valence-electron chi connectivity index (χ4n) is 2.41. The lowest BCUT2D eigenvalue weighted by Gasteiger charge is -2.12. The standard InChI is InChI=1S/C22H24Cl2N4O5/c1-4-13(2)26-21(30)22(31)28-25-11-14-5-8-18(19(9-14)32-3)33-12-20(29)27-17-7-6-15(23)10-16(17)24/h5-11,13H,4,12H2,1-3H3,(H,26,30)(H,27,29)(H,28,31)/b25-11-/t13-/m0/s1. The second-order valence-electron chi connectivity index (χ2n) is 6.85. The van der Waals surface area contributed by atoms with Gasteiger partial charge in [-0.25, -0.2) is 5.43 Å². The summed E-state index contributed by atoms with van der Waals surface area (Å²) in [7, 11) is 1.44. The van der Waals surface area contributed by atoms with E-state index in [0.29, 0.717) is 39.2 Å². The van der Waals surface area contributed by atoms with Gasteiger partial charge in [-0.05, 0) is 55.3 Å². The monoisotopic (exact) mass is 494 g/mol. The SMILES string of the molecule is CC[C@H](C)NC(=O)C(=O)N/N=C\c1ccc(OCC(=O)Nc2ccc(Cl)cc2Cl)c(OC)c1. The van der Waals surface area contributed by atoms with Gasteiger partial charge in [0.25, 0.3) is 5.91 Å². The van der Waals surface area contributed by atoms with Crippen molar-refractivity contribution in [3.8, 4) is 11.5 Å². The van der Waals surface area contributed by atoms with E-state index < -0.39 is 17.7 Å². The number of hydrogen-bond donors (Lipinski definition) is 3. The summed E-state index contributed by atoms with van der Waals surface area (Å²) in [6, 6.07) is 9.41. The number of nitrogens with one attached hydrogen (secondary N) is 3. The molecule has 2 rings (SSSR count). The largest absolute Gasteiger partial charge is 0.493 e. The minimum atomic E-state index is -0.870. The van der Waals surface area contributed by atoms with Gasteiger partial charge in [0.05, 0.1) is 24.0 Å². The first-order chi connectivity index (χ1) is 15.7. The van der Waals surface area contributed by atoms with E-state index in [9.17, 15) is 14.4 Å². The fraction of sp³-hybridized carbons (Fsp3) is 0.273. The van der Waals surface area contributed by atoms with Crippen molar-refractivity contribution < 1.29 is 23.9 Å². The Labute approximate surface area is 201 Å². The van der Waals surface area contributed by atoms with Crippen molar-refractivity contribution >= 4 is 52.8 Å². The molecule has 0 saturated heterocycles. The number of ether oxygens (including phenoxy) is 2. The summed E-state index contributed by atoms with van der Waals surface area (Å²) in [6.45, 7) is 3.40. The molecule has 0 unspecified atom stereocenters. The van der Waals surface area contributed by atoms with Crippen LogP contribution in [0.25, 0.3) is 0 Å². The van der Waals surface area contributed by atoms with Gasteiger partial charge in [-0.15, -0.1) is 0 Å². The highest BCUT2D eigenvalue weighted by molar-refractivity contribution is 6.36. The van der Waals surface area contributed by atoms with E-state index in [1.807, 2.05) is 6.92 Å². The van der Waals surface area contributed by atoms with Crippen molar-refractivity contribution in [3.05, 3.63) is 52.0 Å². The minimum Gasteiger partial charge on any atom is -0.493 e. The van der Waals surface area contributed by atoms with Crippen LogP contribution in [-0.2, 0) is 14.4 Å². The van der Waals surface area contributed by atoms with Crippen LogP contribution in [-0.4, -0.2) is 43.7 Å². The minimum absolute atomic E-state index is 0.116. The summed E-state index contributed by atoms with van der Waals surface area (Å²) in [5.41, 5.74) is 3.14. The number of carbonyl (C=O) groups is 3. The number of halogens is 2. The number of amides is 3. The molecule has 0 spiro atoms. The highest BCUT2D eigenvalue weighted by Crippen LogP contribution is 2.28. The molecule has 0 bridgehead atoms. The lowest BCUT2D eigenvalue weighted by molar-refractivity contribution is -0.139. The molecule has 3 amide bonds. The summed E-state index contributed by atoms with van der Waals surface area (Å²) in [4.78, 5) is 35.6. The van der Waals surface area contributed by atoms with E-state index in [0.717, 1.165) is 0 Å². The predicted molar refractivity (Wildman–Crippen MR) is 127 cm³/mol. The number of nitrogens with zero attached hydrogens (tertiary/aromatic N) is 1. The van der Waals surface area contributed by atoms with E-state index in [-0.39, 0.29) is 12.6 Å². The van der Waals surface area contributed by atoms with E-state index in [1.54, 1.807) is 37.3 Å². The van der Waals surface area contributed by atoms with E-state index in [4.69, 9.17) is 32.7 Å². The average molecular weight is 495 g/mol. The van der Waals surface area contributed by atoms with Crippen molar-refractivity contribution in [2.45, 2.75) is 26.3 Å². The predicted octanol–water partition coefficient (Wildman–Crippen LogP) is 3.38. The molecular weight excluding hydrogens is 471 g/mol. The van der Waals surface area contributed by atoms with Crippen LogP contribution in [0.5, 0.6) is 11.5 Å². The van der Waals surface area contributed by atoms with Gasteiger partial charge in [-0.3, -0.25) is 14.4 Å². The number of benzene rings is 2. The van der Waals surface area contributed by atoms with Crippen LogP contribution in [0.3, 0.4) is 0 Å². The number of rotatable bonds is 9. The number of anilines is 1. The molecular formula is C22H24Cl2N4O5. The van der Waals surface area contributed by atoms with E-state index >= 15 is 0 Å². The number of carbonyl (C=O) groups excluding carboxylic acids is 3. The Kier molecular flexibility index (Phi) is 9.96. The molecule has 2 aromatic rings. The second kappa shape index (κ2) is 12.7. The van der Waals surface area contributed by atoms with Crippen molar-refractivity contribution in [3.63, 3.8) is 0 Å². The first-order valence-corrected chi connectivity index (χ1v) is 10.7. The first-order valence-electron chi connectivity index (χ1n) is 9.93. The summed E-state index contributed by atoms with van der Waals surface area (Å²) < 4.78 is 10.8. The van der Waals surface area contributed by atoms with Gasteiger partial charge in [0.1, 0.15) is 0 Å². The van der Waals surface area contributed by atoms with Crippen LogP contribution in [0.1, 0.15) is 25.8 Å². The molecule has 9 nitrogen and oxygen atoms in total. The van der Waals surface area contributed by atoms with Crippen LogP contribution < -0.4 is 25.5 Å². The molecule has 0 aliphatic heterocycles. The summed E-state index contributed by atoms with van der Waals surface area (Å²) in [5, 5.41) is 9.70. The zero-order valence-corrected chi connectivity index (χ0v) is 19.8. The van der Waals surface area contributed by atoms with Gasteiger partial charge in [0, 0.05) is 11.1 Å². The van der Waals surface area contributed by atoms with Crippen LogP contribution in [0.2, 0.25) is 10.0 Å².